The summed E-state index contributed by atoms with van der Waals surface area (Å²) >= 11 is 0. The molecule has 3 heterocycles. The van der Waals surface area contributed by atoms with Gasteiger partial charge in [0.15, 0.2) is 0 Å². The van der Waals surface area contributed by atoms with E-state index in [1.807, 2.05) is 11.3 Å². The molecule has 0 aliphatic heterocycles. The molecule has 0 fully saturated rings. The zero-order valence-corrected chi connectivity index (χ0v) is 19.0. The van der Waals surface area contributed by atoms with Crippen molar-refractivity contribution in [2.45, 2.75) is 19.9 Å². The van der Waals surface area contributed by atoms with E-state index >= 15 is 0 Å². The Balaban J connectivity index is 1.70. The maximum Gasteiger partial charge on any atom is 0.298 e. The highest BCUT2D eigenvalue weighted by Gasteiger charge is 2.24. The van der Waals surface area contributed by atoms with E-state index in [9.17, 15) is 9.59 Å². The molecule has 0 aliphatic rings. The van der Waals surface area contributed by atoms with Gasteiger partial charge < -0.3 is 16.0 Å². The first-order valence-electron chi connectivity index (χ1n) is 10.6. The van der Waals surface area contributed by atoms with Crippen LogP contribution in [-0.4, -0.2) is 43.1 Å². The number of nitrogens with zero attached hydrogens (tertiary/aromatic N) is 5. The van der Waals surface area contributed by atoms with E-state index in [1.54, 1.807) is 75.0 Å². The number of hydrogen-bond donors (Lipinski definition) is 2. The largest absolute Gasteiger partial charge is 0.382 e. The van der Waals surface area contributed by atoms with Crippen molar-refractivity contribution in [2.24, 2.45) is 0 Å². The predicted molar refractivity (Wildman–Crippen MR) is 130 cm³/mol. The molecule has 0 saturated carbocycles. The summed E-state index contributed by atoms with van der Waals surface area (Å²) in [5, 5.41) is 2.76. The first kappa shape index (κ1) is 22.5. The number of nitrogens with one attached hydrogen (secondary N) is 1. The summed E-state index contributed by atoms with van der Waals surface area (Å²) in [6.07, 6.45) is 4.95. The van der Waals surface area contributed by atoms with Crippen LogP contribution in [0.15, 0.2) is 61.1 Å². The lowest BCUT2D eigenvalue weighted by molar-refractivity contribution is -0.125. The van der Waals surface area contributed by atoms with Crippen LogP contribution in [0.1, 0.15) is 36.1 Å². The Morgan fingerprint density at radius 3 is 2.56 bits per heavy atom. The number of anilines is 2. The second kappa shape index (κ2) is 9.42. The lowest BCUT2D eigenvalue weighted by Gasteiger charge is -2.21. The third-order valence-corrected chi connectivity index (χ3v) is 5.44. The highest BCUT2D eigenvalue weighted by molar-refractivity contribution is 6.04. The molecule has 4 aromatic rings. The Kier molecular flexibility index (Phi) is 6.23. The molecule has 34 heavy (non-hydrogen) atoms. The monoisotopic (exact) mass is 453 g/mol. The van der Waals surface area contributed by atoms with Crippen molar-refractivity contribution in [1.82, 2.24) is 24.3 Å². The fourth-order valence-corrected chi connectivity index (χ4v) is 3.53. The van der Waals surface area contributed by atoms with Crippen LogP contribution in [0.5, 0.6) is 0 Å². The second-order valence-electron chi connectivity index (χ2n) is 7.56. The van der Waals surface area contributed by atoms with Gasteiger partial charge in [-0.05, 0) is 44.0 Å². The minimum atomic E-state index is -0.375. The molecule has 1 unspecified atom stereocenters. The number of nitrogen functional groups attached to an aromatic ring is 1. The number of hydrogen-bond acceptors (Lipinski definition) is 6. The Morgan fingerprint density at radius 2 is 1.88 bits per heavy atom. The van der Waals surface area contributed by atoms with Crippen LogP contribution in [-0.2, 0) is 4.79 Å². The molecule has 170 valence electrons. The Labute approximate surface area is 196 Å². The summed E-state index contributed by atoms with van der Waals surface area (Å²) in [6, 6.07) is 11.9. The molecule has 1 atom stereocenters. The normalized spacial score (nSPS) is 11.4. The van der Waals surface area contributed by atoms with Gasteiger partial charge in [-0.3, -0.25) is 14.0 Å². The van der Waals surface area contributed by atoms with Crippen molar-refractivity contribution >= 4 is 29.0 Å². The third-order valence-electron chi connectivity index (χ3n) is 5.44. The lowest BCUT2D eigenvalue weighted by atomic mass is 10.1. The van der Waals surface area contributed by atoms with Gasteiger partial charge in [0.05, 0.1) is 6.04 Å². The zero-order chi connectivity index (χ0) is 24.2. The molecule has 1 aromatic carbocycles. The topological polar surface area (TPSA) is 119 Å². The third kappa shape index (κ3) is 4.29. The number of pyridine rings is 1. The number of amides is 2. The minimum Gasteiger partial charge on any atom is -0.382 e. The highest BCUT2D eigenvalue weighted by atomic mass is 16.2. The molecule has 9 nitrogen and oxygen atoms in total. The van der Waals surface area contributed by atoms with Crippen molar-refractivity contribution in [2.75, 3.05) is 18.1 Å². The number of carbonyl (C=O) groups is 2. The van der Waals surface area contributed by atoms with Crippen LogP contribution < -0.4 is 11.1 Å². The molecule has 4 rings (SSSR count). The van der Waals surface area contributed by atoms with Crippen LogP contribution in [0.25, 0.3) is 16.8 Å². The number of rotatable bonds is 5. The molecule has 0 aliphatic carbocycles. The van der Waals surface area contributed by atoms with Crippen molar-refractivity contribution in [1.29, 1.82) is 0 Å². The van der Waals surface area contributed by atoms with Crippen LogP contribution in [0, 0.1) is 11.8 Å². The van der Waals surface area contributed by atoms with Crippen LogP contribution in [0.3, 0.4) is 0 Å². The molecular formula is C25H23N7O2. The summed E-state index contributed by atoms with van der Waals surface area (Å²) in [7, 11) is 1.68. The SMILES string of the molecule is CC#CC(=O)N(C)C(C)c1nc(-c2ccc(C(=O)Nc3ccccn3)cc2)c2c(N)nccn12. The first-order chi connectivity index (χ1) is 16.4. The van der Waals surface area contributed by atoms with E-state index in [0.29, 0.717) is 34.2 Å². The highest BCUT2D eigenvalue weighted by Crippen LogP contribution is 2.31. The molecule has 3 aromatic heterocycles. The van der Waals surface area contributed by atoms with Gasteiger partial charge in [-0.15, -0.1) is 0 Å². The van der Waals surface area contributed by atoms with Gasteiger partial charge in [0, 0.05) is 36.8 Å². The summed E-state index contributed by atoms with van der Waals surface area (Å²) < 4.78 is 1.83. The number of imidazole rings is 1. The fraction of sp³-hybridized carbons (Fsp3) is 0.160. The van der Waals surface area contributed by atoms with E-state index in [0.717, 1.165) is 5.56 Å². The Hall–Kier alpha value is -4.71. The van der Waals surface area contributed by atoms with Crippen molar-refractivity contribution in [3.05, 3.63) is 72.4 Å². The lowest BCUT2D eigenvalue weighted by Crippen LogP contribution is -2.29. The molecule has 0 radical (unpaired) electrons. The summed E-state index contributed by atoms with van der Waals surface area (Å²) in [5.41, 5.74) is 8.67. The number of nitrogens with two attached hydrogens (primary N) is 1. The van der Waals surface area contributed by atoms with Crippen molar-refractivity contribution < 1.29 is 9.59 Å². The van der Waals surface area contributed by atoms with Crippen LogP contribution in [0.2, 0.25) is 0 Å². The van der Waals surface area contributed by atoms with Gasteiger partial charge in [0.25, 0.3) is 11.8 Å². The van der Waals surface area contributed by atoms with Gasteiger partial charge in [0.1, 0.15) is 28.7 Å². The summed E-state index contributed by atoms with van der Waals surface area (Å²) in [4.78, 5) is 39.5. The van der Waals surface area contributed by atoms with Crippen molar-refractivity contribution in [3.8, 4) is 23.1 Å². The number of fused-ring (bicyclic) bond motifs is 1. The van der Waals surface area contributed by atoms with Gasteiger partial charge in [0.2, 0.25) is 0 Å². The van der Waals surface area contributed by atoms with E-state index in [1.165, 1.54) is 4.90 Å². The van der Waals surface area contributed by atoms with E-state index < -0.39 is 0 Å². The van der Waals surface area contributed by atoms with E-state index in [-0.39, 0.29) is 17.9 Å². The van der Waals surface area contributed by atoms with Crippen LogP contribution >= 0.6 is 0 Å². The molecule has 2 amide bonds. The van der Waals surface area contributed by atoms with Crippen molar-refractivity contribution in [3.63, 3.8) is 0 Å². The molecule has 3 N–H and O–H groups in total. The Morgan fingerprint density at radius 1 is 1.12 bits per heavy atom. The quantitative estimate of drug-likeness (QED) is 0.448. The number of aromatic nitrogens is 4. The maximum atomic E-state index is 12.6. The summed E-state index contributed by atoms with van der Waals surface area (Å²) in [5.74, 6) is 5.99. The minimum absolute atomic E-state index is 0.271. The first-order valence-corrected chi connectivity index (χ1v) is 10.6. The summed E-state index contributed by atoms with van der Waals surface area (Å²) in [6.45, 7) is 3.49. The predicted octanol–water partition coefficient (Wildman–Crippen LogP) is 3.17. The van der Waals surface area contributed by atoms with Crippen LogP contribution in [0.4, 0.5) is 11.6 Å². The maximum absolute atomic E-state index is 12.6. The van der Waals surface area contributed by atoms with E-state index in [2.05, 4.69) is 27.1 Å². The average molecular weight is 454 g/mol. The van der Waals surface area contributed by atoms with E-state index in [4.69, 9.17) is 10.7 Å². The molecule has 9 heteroatoms. The molecule has 0 spiro atoms. The Bertz CT molecular complexity index is 1420. The molecule has 0 saturated heterocycles. The molecule has 0 bridgehead atoms. The van der Waals surface area contributed by atoms with Gasteiger partial charge in [-0.1, -0.05) is 24.1 Å². The number of benzene rings is 1. The second-order valence-corrected chi connectivity index (χ2v) is 7.56. The van der Waals surface area contributed by atoms with Gasteiger partial charge >= 0.3 is 0 Å². The standard InChI is InChI=1S/C25H23N7O2/c1-4-7-20(33)31(3)16(2)24-30-21(22-23(26)28-14-15-32(22)24)17-9-11-18(12-10-17)25(34)29-19-8-5-6-13-27-19/h5-6,8-16H,1-3H3,(H2,26,28)(H,27,29,34). The molecular weight excluding hydrogens is 430 g/mol. The smallest absolute Gasteiger partial charge is 0.298 e. The van der Waals surface area contributed by atoms with Gasteiger partial charge in [-0.25, -0.2) is 15.0 Å². The zero-order valence-electron chi connectivity index (χ0n) is 19.0. The fourth-order valence-electron chi connectivity index (χ4n) is 3.53. The number of carbonyl (C=O) groups excluding carboxylic acids is 2. The average Bonchev–Trinajstić information content (AvgIpc) is 3.25. The van der Waals surface area contributed by atoms with Gasteiger partial charge in [-0.2, -0.15) is 0 Å².